The number of amides is 2. The zero-order valence-corrected chi connectivity index (χ0v) is 14.7. The van der Waals surface area contributed by atoms with Gasteiger partial charge in [0.15, 0.2) is 0 Å². The molecule has 2 aliphatic rings. The number of carbonyl (C=O) groups excluding carboxylic acids is 4. The average Bonchev–Trinajstić information content (AvgIpc) is 3.02. The van der Waals surface area contributed by atoms with Crippen molar-refractivity contribution in [3.05, 3.63) is 29.2 Å². The lowest BCUT2D eigenvalue weighted by atomic mass is 10.0. The van der Waals surface area contributed by atoms with E-state index in [0.717, 1.165) is 4.90 Å². The molecule has 0 bridgehead atoms. The molecule has 2 unspecified atom stereocenters. The Morgan fingerprint density at radius 2 is 2.19 bits per heavy atom. The number of fused-ring (bicyclic) bond motifs is 1. The minimum absolute atomic E-state index is 0.227. The van der Waals surface area contributed by atoms with Gasteiger partial charge < -0.3 is 20.0 Å². The van der Waals surface area contributed by atoms with Gasteiger partial charge in [-0.15, -0.1) is 11.8 Å². The molecule has 11 heteroatoms. The van der Waals surface area contributed by atoms with Crippen LogP contribution in [0, 0.1) is 0 Å². The van der Waals surface area contributed by atoms with E-state index in [-0.39, 0.29) is 23.6 Å². The fourth-order valence-electron chi connectivity index (χ4n) is 2.73. The van der Waals surface area contributed by atoms with Crippen molar-refractivity contribution in [1.82, 2.24) is 20.0 Å². The molecule has 2 aliphatic heterocycles. The van der Waals surface area contributed by atoms with Crippen LogP contribution in [0.2, 0.25) is 0 Å². The Morgan fingerprint density at radius 3 is 2.77 bits per heavy atom. The minimum atomic E-state index is -1.53. The van der Waals surface area contributed by atoms with E-state index in [1.54, 1.807) is 7.05 Å². The summed E-state index contributed by atoms with van der Waals surface area (Å²) >= 11 is 1.28. The first-order chi connectivity index (χ1) is 12.3. The summed E-state index contributed by atoms with van der Waals surface area (Å²) in [6.45, 7) is 0.978. The normalized spacial score (nSPS) is 21.8. The van der Waals surface area contributed by atoms with Crippen LogP contribution in [0.25, 0.3) is 0 Å². The second-order valence-electron chi connectivity index (χ2n) is 5.78. The topological polar surface area (TPSA) is 134 Å². The number of thioether (sulfide) groups is 1. The van der Waals surface area contributed by atoms with Gasteiger partial charge in [0.2, 0.25) is 0 Å². The van der Waals surface area contributed by atoms with E-state index in [9.17, 15) is 24.3 Å². The van der Waals surface area contributed by atoms with Crippen molar-refractivity contribution < 1.29 is 29.0 Å². The number of esters is 1. The lowest BCUT2D eigenvalue weighted by Gasteiger charge is -2.50. The molecule has 2 amide bonds. The second kappa shape index (κ2) is 6.83. The summed E-state index contributed by atoms with van der Waals surface area (Å²) < 4.78 is 6.29. The molecule has 1 fully saturated rings. The molecule has 3 rings (SSSR count). The number of aromatic nitrogens is 2. The zero-order valence-electron chi connectivity index (χ0n) is 13.9. The zero-order chi connectivity index (χ0) is 19.0. The van der Waals surface area contributed by atoms with E-state index in [1.807, 2.05) is 0 Å². The lowest BCUT2D eigenvalue weighted by Crippen LogP contribution is -2.71. The third-order valence-electron chi connectivity index (χ3n) is 3.94. The van der Waals surface area contributed by atoms with Gasteiger partial charge in [-0.1, -0.05) is 0 Å². The van der Waals surface area contributed by atoms with Crippen LogP contribution in [-0.2, 0) is 26.2 Å². The van der Waals surface area contributed by atoms with Crippen LogP contribution < -0.4 is 10.4 Å². The number of carboxylic acid groups (broad SMARTS) is 1. The number of hydrogen-bond acceptors (Lipinski definition) is 8. The van der Waals surface area contributed by atoms with Crippen molar-refractivity contribution in [2.24, 2.45) is 7.05 Å². The maximum atomic E-state index is 12.4. The largest absolute Gasteiger partial charge is 0.543 e. The monoisotopic (exact) mass is 379 g/mol. The Bertz CT molecular complexity index is 832. The molecule has 0 radical (unpaired) electrons. The third kappa shape index (κ3) is 3.17. The molecular formula is C15H15N4O6S-. The van der Waals surface area contributed by atoms with Gasteiger partial charge in [0.25, 0.3) is 11.8 Å². The van der Waals surface area contributed by atoms with Crippen molar-refractivity contribution in [3.63, 3.8) is 0 Å². The Kier molecular flexibility index (Phi) is 4.72. The van der Waals surface area contributed by atoms with Crippen molar-refractivity contribution >= 4 is 35.5 Å². The molecule has 0 spiro atoms. The highest BCUT2D eigenvalue weighted by atomic mass is 32.2. The number of carbonyl (C=O) groups is 4. The van der Waals surface area contributed by atoms with E-state index in [1.165, 1.54) is 35.8 Å². The SMILES string of the molecule is CC(=O)OCC1=C(C(=O)[O-])N2C(=O)C(NC(=O)c3cnn(C)c3)C2SC1. The van der Waals surface area contributed by atoms with Gasteiger partial charge in [0.1, 0.15) is 18.0 Å². The highest BCUT2D eigenvalue weighted by molar-refractivity contribution is 8.00. The van der Waals surface area contributed by atoms with Crippen LogP contribution in [-0.4, -0.2) is 62.2 Å². The summed E-state index contributed by atoms with van der Waals surface area (Å²) in [5.74, 6) is -2.87. The van der Waals surface area contributed by atoms with Gasteiger partial charge in [-0.3, -0.25) is 24.0 Å². The van der Waals surface area contributed by atoms with Crippen LogP contribution in [0.3, 0.4) is 0 Å². The fraction of sp³-hybridized carbons (Fsp3) is 0.400. The molecule has 0 saturated carbocycles. The highest BCUT2D eigenvalue weighted by Gasteiger charge is 2.53. The van der Waals surface area contributed by atoms with Gasteiger partial charge in [0, 0.05) is 31.5 Å². The Labute approximate surface area is 152 Å². The number of carboxylic acids is 1. The summed E-state index contributed by atoms with van der Waals surface area (Å²) in [5, 5.41) is 17.4. The van der Waals surface area contributed by atoms with Crippen LogP contribution >= 0.6 is 11.8 Å². The summed E-state index contributed by atoms with van der Waals surface area (Å²) in [5.41, 5.74) is 0.282. The predicted molar refractivity (Wildman–Crippen MR) is 86.2 cm³/mol. The maximum Gasteiger partial charge on any atom is 0.302 e. The first-order valence-corrected chi connectivity index (χ1v) is 8.65. The Morgan fingerprint density at radius 1 is 1.46 bits per heavy atom. The molecule has 2 atom stereocenters. The summed E-state index contributed by atoms with van der Waals surface area (Å²) in [6, 6.07) is -0.850. The van der Waals surface area contributed by atoms with Gasteiger partial charge in [-0.25, -0.2) is 0 Å². The highest BCUT2D eigenvalue weighted by Crippen LogP contribution is 2.40. The fourth-order valence-corrected chi connectivity index (χ4v) is 4.06. The molecule has 1 N–H and O–H groups in total. The smallest absolute Gasteiger partial charge is 0.302 e. The summed E-state index contributed by atoms with van der Waals surface area (Å²) in [6.07, 6.45) is 2.88. The summed E-state index contributed by atoms with van der Waals surface area (Å²) in [4.78, 5) is 48.1. The molecule has 26 heavy (non-hydrogen) atoms. The molecular weight excluding hydrogens is 364 g/mol. The molecule has 1 aromatic rings. The third-order valence-corrected chi connectivity index (χ3v) is 5.28. The van der Waals surface area contributed by atoms with Gasteiger partial charge in [0.05, 0.1) is 23.4 Å². The first kappa shape index (κ1) is 18.0. The van der Waals surface area contributed by atoms with E-state index in [2.05, 4.69) is 10.4 Å². The number of nitrogens with zero attached hydrogens (tertiary/aromatic N) is 3. The first-order valence-electron chi connectivity index (χ1n) is 7.60. The number of rotatable bonds is 5. The van der Waals surface area contributed by atoms with Crippen molar-refractivity contribution in [2.45, 2.75) is 18.3 Å². The quantitative estimate of drug-likeness (QED) is 0.459. The standard InChI is InChI=1S/C15H16N4O6S/c1-7(20)25-5-9-6-26-14-10(13(22)19(14)11(9)15(23)24)17-12(21)8-3-16-18(2)4-8/h3-4,10,14H,5-6H2,1-2H3,(H,17,21)(H,23,24)/p-1. The van der Waals surface area contributed by atoms with E-state index >= 15 is 0 Å². The van der Waals surface area contributed by atoms with Crippen molar-refractivity contribution in [1.29, 1.82) is 0 Å². The average molecular weight is 379 g/mol. The van der Waals surface area contributed by atoms with E-state index in [0.29, 0.717) is 5.56 Å². The van der Waals surface area contributed by atoms with Crippen LogP contribution in [0.4, 0.5) is 0 Å². The van der Waals surface area contributed by atoms with Crippen molar-refractivity contribution in [2.75, 3.05) is 12.4 Å². The molecule has 3 heterocycles. The molecule has 0 aromatic carbocycles. The number of aryl methyl sites for hydroxylation is 1. The number of aliphatic carboxylic acids is 1. The van der Waals surface area contributed by atoms with Gasteiger partial charge in [-0.05, 0) is 0 Å². The Balaban J connectivity index is 1.75. The molecule has 10 nitrogen and oxygen atoms in total. The van der Waals surface area contributed by atoms with Crippen LogP contribution in [0.1, 0.15) is 17.3 Å². The molecule has 0 aliphatic carbocycles. The summed E-state index contributed by atoms with van der Waals surface area (Å²) in [7, 11) is 1.66. The van der Waals surface area contributed by atoms with Crippen molar-refractivity contribution in [3.8, 4) is 0 Å². The number of ether oxygens (including phenoxy) is 1. The number of hydrogen-bond donors (Lipinski definition) is 1. The van der Waals surface area contributed by atoms with Gasteiger partial charge in [-0.2, -0.15) is 5.10 Å². The Hall–Kier alpha value is -2.82. The second-order valence-corrected chi connectivity index (χ2v) is 6.89. The van der Waals surface area contributed by atoms with E-state index < -0.39 is 35.2 Å². The maximum absolute atomic E-state index is 12.4. The molecule has 1 aromatic heterocycles. The van der Waals surface area contributed by atoms with Crippen LogP contribution in [0.15, 0.2) is 23.7 Å². The lowest BCUT2D eigenvalue weighted by molar-refractivity contribution is -0.301. The van der Waals surface area contributed by atoms with Crippen LogP contribution in [0.5, 0.6) is 0 Å². The molecule has 1 saturated heterocycles. The number of nitrogens with one attached hydrogen (secondary N) is 1. The molecule has 138 valence electrons. The van der Waals surface area contributed by atoms with Gasteiger partial charge >= 0.3 is 5.97 Å². The number of β-lactam (4-membered cyclic amide) rings is 1. The minimum Gasteiger partial charge on any atom is -0.543 e. The predicted octanol–water partition coefficient (Wildman–Crippen LogP) is -2.00. The van der Waals surface area contributed by atoms with E-state index in [4.69, 9.17) is 4.74 Å².